The quantitative estimate of drug-likeness (QED) is 0.880. The van der Waals surface area contributed by atoms with Crippen LogP contribution in [0.3, 0.4) is 0 Å². The van der Waals surface area contributed by atoms with Crippen molar-refractivity contribution in [3.63, 3.8) is 0 Å². The van der Waals surface area contributed by atoms with Gasteiger partial charge in [-0.1, -0.05) is 44.2 Å². The van der Waals surface area contributed by atoms with Crippen molar-refractivity contribution in [3.8, 4) is 0 Å². The number of benzene rings is 1. The smallest absolute Gasteiger partial charge is 0.0451 e. The molecule has 0 radical (unpaired) electrons. The van der Waals surface area contributed by atoms with E-state index in [4.69, 9.17) is 0 Å². The van der Waals surface area contributed by atoms with Crippen molar-refractivity contribution in [2.24, 2.45) is 11.8 Å². The predicted octanol–water partition coefficient (Wildman–Crippen LogP) is 3.70. The van der Waals surface area contributed by atoms with E-state index in [2.05, 4.69) is 68.5 Å². The van der Waals surface area contributed by atoms with Crippen molar-refractivity contribution in [1.82, 2.24) is 10.2 Å². The highest BCUT2D eigenvalue weighted by Crippen LogP contribution is 2.30. The summed E-state index contributed by atoms with van der Waals surface area (Å²) in [7, 11) is 4.31. The Morgan fingerprint density at radius 3 is 2.20 bits per heavy atom. The molecular formula is C18H30N2. The third-order valence-electron chi connectivity index (χ3n) is 4.37. The molecule has 1 aliphatic rings. The number of nitrogens with one attached hydrogen (secondary N) is 1. The first kappa shape index (κ1) is 15.5. The summed E-state index contributed by atoms with van der Waals surface area (Å²) in [5, 5.41) is 3.92. The minimum absolute atomic E-state index is 0.439. The second-order valence-corrected chi connectivity index (χ2v) is 7.01. The van der Waals surface area contributed by atoms with E-state index >= 15 is 0 Å². The molecule has 0 heterocycles. The Morgan fingerprint density at radius 2 is 1.65 bits per heavy atom. The van der Waals surface area contributed by atoms with E-state index in [0.717, 1.165) is 18.4 Å². The van der Waals surface area contributed by atoms with Crippen molar-refractivity contribution >= 4 is 0 Å². The van der Waals surface area contributed by atoms with Gasteiger partial charge in [-0.05, 0) is 50.8 Å². The lowest BCUT2D eigenvalue weighted by Crippen LogP contribution is -2.41. The minimum atomic E-state index is 0.439. The van der Waals surface area contributed by atoms with Gasteiger partial charge in [-0.3, -0.25) is 0 Å². The summed E-state index contributed by atoms with van der Waals surface area (Å²) in [5.74, 6) is 1.71. The number of hydrogen-bond donors (Lipinski definition) is 1. The highest BCUT2D eigenvalue weighted by molar-refractivity contribution is 5.19. The van der Waals surface area contributed by atoms with E-state index in [1.165, 1.54) is 24.8 Å². The topological polar surface area (TPSA) is 15.3 Å². The van der Waals surface area contributed by atoms with Gasteiger partial charge < -0.3 is 10.2 Å². The third kappa shape index (κ3) is 4.60. The van der Waals surface area contributed by atoms with Crippen molar-refractivity contribution in [2.75, 3.05) is 20.6 Å². The highest BCUT2D eigenvalue weighted by Gasteiger charge is 2.26. The van der Waals surface area contributed by atoms with Crippen molar-refractivity contribution in [1.29, 1.82) is 0 Å². The van der Waals surface area contributed by atoms with Crippen molar-refractivity contribution in [3.05, 3.63) is 35.9 Å². The van der Waals surface area contributed by atoms with Crippen LogP contribution in [-0.4, -0.2) is 31.6 Å². The molecular weight excluding hydrogens is 244 g/mol. The molecule has 0 amide bonds. The van der Waals surface area contributed by atoms with Crippen LogP contribution in [0.15, 0.2) is 30.3 Å². The summed E-state index contributed by atoms with van der Waals surface area (Å²) >= 11 is 0. The maximum absolute atomic E-state index is 3.92. The molecule has 0 spiro atoms. The third-order valence-corrected chi connectivity index (χ3v) is 4.37. The summed E-state index contributed by atoms with van der Waals surface area (Å²) < 4.78 is 0. The summed E-state index contributed by atoms with van der Waals surface area (Å²) in [6.45, 7) is 5.85. The SMILES string of the molecule is CC1CC(C)CC(NC(CN(C)C)c2ccccc2)C1. The summed E-state index contributed by atoms with van der Waals surface area (Å²) in [4.78, 5) is 2.28. The van der Waals surface area contributed by atoms with Crippen LogP contribution >= 0.6 is 0 Å². The molecule has 2 rings (SSSR count). The first-order chi connectivity index (χ1) is 9.54. The first-order valence-electron chi connectivity index (χ1n) is 8.00. The summed E-state index contributed by atoms with van der Waals surface area (Å²) in [5.41, 5.74) is 1.41. The van der Waals surface area contributed by atoms with E-state index in [0.29, 0.717) is 12.1 Å². The molecule has 3 unspecified atom stereocenters. The standard InChI is InChI=1S/C18H30N2/c1-14-10-15(2)12-17(11-14)19-18(13-20(3)4)16-8-6-5-7-9-16/h5-9,14-15,17-19H,10-13H2,1-4H3. The van der Waals surface area contributed by atoms with Gasteiger partial charge >= 0.3 is 0 Å². The van der Waals surface area contributed by atoms with Crippen LogP contribution in [0.5, 0.6) is 0 Å². The lowest BCUT2D eigenvalue weighted by Gasteiger charge is -2.35. The minimum Gasteiger partial charge on any atom is -0.308 e. The number of likely N-dealkylation sites (N-methyl/N-ethyl adjacent to an activating group) is 1. The van der Waals surface area contributed by atoms with E-state index in [1.807, 2.05) is 0 Å². The normalized spacial score (nSPS) is 28.6. The van der Waals surface area contributed by atoms with E-state index in [9.17, 15) is 0 Å². The van der Waals surface area contributed by atoms with E-state index < -0.39 is 0 Å². The Morgan fingerprint density at radius 1 is 1.05 bits per heavy atom. The van der Waals surface area contributed by atoms with E-state index in [1.54, 1.807) is 0 Å². The van der Waals surface area contributed by atoms with Gasteiger partial charge in [0, 0.05) is 18.6 Å². The van der Waals surface area contributed by atoms with Gasteiger partial charge in [0.1, 0.15) is 0 Å². The molecule has 112 valence electrons. The Balaban J connectivity index is 2.04. The Bertz CT molecular complexity index is 378. The van der Waals surface area contributed by atoms with Gasteiger partial charge in [-0.15, -0.1) is 0 Å². The lowest BCUT2D eigenvalue weighted by atomic mass is 9.80. The van der Waals surface area contributed by atoms with Gasteiger partial charge in [0.15, 0.2) is 0 Å². The fraction of sp³-hybridized carbons (Fsp3) is 0.667. The monoisotopic (exact) mass is 274 g/mol. The highest BCUT2D eigenvalue weighted by atomic mass is 15.1. The zero-order valence-electron chi connectivity index (χ0n) is 13.5. The molecule has 3 atom stereocenters. The molecule has 0 saturated heterocycles. The molecule has 0 bridgehead atoms. The molecule has 0 aromatic heterocycles. The second-order valence-electron chi connectivity index (χ2n) is 7.01. The second kappa shape index (κ2) is 7.24. The zero-order chi connectivity index (χ0) is 14.5. The van der Waals surface area contributed by atoms with Gasteiger partial charge in [0.2, 0.25) is 0 Å². The molecule has 1 fully saturated rings. The van der Waals surface area contributed by atoms with Gasteiger partial charge in [0.05, 0.1) is 0 Å². The van der Waals surface area contributed by atoms with Crippen LogP contribution in [0.4, 0.5) is 0 Å². The van der Waals surface area contributed by atoms with Crippen LogP contribution in [0, 0.1) is 11.8 Å². The first-order valence-corrected chi connectivity index (χ1v) is 8.00. The predicted molar refractivity (Wildman–Crippen MR) is 86.8 cm³/mol. The van der Waals surface area contributed by atoms with E-state index in [-0.39, 0.29) is 0 Å². The average Bonchev–Trinajstić information content (AvgIpc) is 2.37. The maximum Gasteiger partial charge on any atom is 0.0451 e. The largest absolute Gasteiger partial charge is 0.308 e. The summed E-state index contributed by atoms with van der Waals surface area (Å²) in [6.07, 6.45) is 4.03. The van der Waals surface area contributed by atoms with Crippen molar-refractivity contribution in [2.45, 2.75) is 45.2 Å². The van der Waals surface area contributed by atoms with Crippen LogP contribution in [0.2, 0.25) is 0 Å². The van der Waals surface area contributed by atoms with Gasteiger partial charge in [0.25, 0.3) is 0 Å². The Labute approximate surface area is 124 Å². The number of rotatable bonds is 5. The molecule has 0 aliphatic heterocycles. The summed E-state index contributed by atoms with van der Waals surface area (Å²) in [6, 6.07) is 12.0. The van der Waals surface area contributed by atoms with Crippen LogP contribution < -0.4 is 5.32 Å². The van der Waals surface area contributed by atoms with Crippen LogP contribution in [0.1, 0.15) is 44.7 Å². The maximum atomic E-state index is 3.92. The molecule has 2 heteroatoms. The molecule has 2 nitrogen and oxygen atoms in total. The van der Waals surface area contributed by atoms with Crippen LogP contribution in [0.25, 0.3) is 0 Å². The average molecular weight is 274 g/mol. The Kier molecular flexibility index (Phi) is 5.62. The lowest BCUT2D eigenvalue weighted by molar-refractivity contribution is 0.213. The molecule has 1 N–H and O–H groups in total. The zero-order valence-corrected chi connectivity index (χ0v) is 13.5. The molecule has 20 heavy (non-hydrogen) atoms. The Hall–Kier alpha value is -0.860. The molecule has 1 aliphatic carbocycles. The van der Waals surface area contributed by atoms with Gasteiger partial charge in [-0.2, -0.15) is 0 Å². The van der Waals surface area contributed by atoms with Crippen LogP contribution in [-0.2, 0) is 0 Å². The molecule has 1 aromatic carbocycles. The fourth-order valence-electron chi connectivity index (χ4n) is 3.67. The number of hydrogen-bond acceptors (Lipinski definition) is 2. The van der Waals surface area contributed by atoms with Crippen molar-refractivity contribution < 1.29 is 0 Å². The molecule has 1 saturated carbocycles. The molecule has 1 aromatic rings. The number of nitrogens with zero attached hydrogens (tertiary/aromatic N) is 1. The van der Waals surface area contributed by atoms with Gasteiger partial charge in [-0.25, -0.2) is 0 Å². The fourth-order valence-corrected chi connectivity index (χ4v) is 3.67.